The van der Waals surface area contributed by atoms with Gasteiger partial charge in [-0.05, 0) is 34.0 Å². The Morgan fingerprint density at radius 2 is 2.05 bits per heavy atom. The van der Waals surface area contributed by atoms with E-state index in [1.807, 2.05) is 30.3 Å². The number of nitrogens with zero attached hydrogens (tertiary/aromatic N) is 1. The molecule has 1 heterocycles. The average Bonchev–Trinajstić information content (AvgIpc) is 2.42. The van der Waals surface area contributed by atoms with Gasteiger partial charge < -0.3 is 5.32 Å². The number of aryl methyl sites for hydroxylation is 1. The van der Waals surface area contributed by atoms with E-state index in [1.54, 1.807) is 6.07 Å². The van der Waals surface area contributed by atoms with Crippen molar-refractivity contribution in [1.82, 2.24) is 4.98 Å². The number of rotatable bonds is 4. The monoisotopic (exact) mass is 338 g/mol. The van der Waals surface area contributed by atoms with Crippen molar-refractivity contribution in [3.63, 3.8) is 0 Å². The van der Waals surface area contributed by atoms with Gasteiger partial charge >= 0.3 is 0 Å². The second-order valence-corrected chi connectivity index (χ2v) is 5.24. The number of hydrogen-bond donors (Lipinski definition) is 1. The lowest BCUT2D eigenvalue weighted by Gasteiger charge is -2.06. The molecule has 0 aliphatic rings. The van der Waals surface area contributed by atoms with Crippen LogP contribution in [0.5, 0.6) is 0 Å². The fourth-order valence-corrected chi connectivity index (χ4v) is 2.07. The van der Waals surface area contributed by atoms with Gasteiger partial charge in [0, 0.05) is 6.42 Å². The minimum absolute atomic E-state index is 0.0418. The van der Waals surface area contributed by atoms with Crippen LogP contribution in [-0.4, -0.2) is 10.9 Å². The zero-order valence-electron chi connectivity index (χ0n) is 10.1. The molecule has 1 N–H and O–H groups in total. The van der Waals surface area contributed by atoms with E-state index in [-0.39, 0.29) is 5.91 Å². The van der Waals surface area contributed by atoms with E-state index in [9.17, 15) is 4.79 Å². The lowest BCUT2D eigenvalue weighted by atomic mass is 10.1. The molecule has 1 aromatic carbocycles. The first kappa shape index (κ1) is 14.0. The summed E-state index contributed by atoms with van der Waals surface area (Å²) < 4.78 is 0.662. The smallest absolute Gasteiger partial charge is 0.224 e. The van der Waals surface area contributed by atoms with Gasteiger partial charge in [-0.2, -0.15) is 0 Å². The van der Waals surface area contributed by atoms with Gasteiger partial charge in [0.25, 0.3) is 0 Å². The van der Waals surface area contributed by atoms with Crippen molar-refractivity contribution in [1.29, 1.82) is 0 Å². The third kappa shape index (κ3) is 4.33. The Kier molecular flexibility index (Phi) is 4.93. The van der Waals surface area contributed by atoms with Crippen molar-refractivity contribution < 1.29 is 4.79 Å². The van der Waals surface area contributed by atoms with Crippen LogP contribution < -0.4 is 5.32 Å². The van der Waals surface area contributed by atoms with Crippen molar-refractivity contribution in [2.75, 3.05) is 5.32 Å². The molecule has 5 heteroatoms. The molecule has 0 spiro atoms. The highest BCUT2D eigenvalue weighted by Gasteiger charge is 2.05. The Bertz CT molecular complexity index is 575. The molecule has 98 valence electrons. The number of pyridine rings is 1. The van der Waals surface area contributed by atoms with E-state index in [0.29, 0.717) is 21.7 Å². The second kappa shape index (κ2) is 6.68. The van der Waals surface area contributed by atoms with Gasteiger partial charge in [-0.3, -0.25) is 4.79 Å². The molecular formula is C14H12BrClN2O. The van der Waals surface area contributed by atoms with E-state index in [0.717, 1.165) is 12.0 Å². The molecule has 1 aromatic heterocycles. The molecule has 1 amide bonds. The first-order valence-electron chi connectivity index (χ1n) is 5.80. The maximum Gasteiger partial charge on any atom is 0.224 e. The number of benzene rings is 1. The topological polar surface area (TPSA) is 42.0 Å². The van der Waals surface area contributed by atoms with Crippen LogP contribution in [0.4, 0.5) is 5.69 Å². The number of carbonyl (C=O) groups excluding carboxylic acids is 1. The fraction of sp³-hybridized carbons (Fsp3) is 0.143. The second-order valence-electron chi connectivity index (χ2n) is 4.03. The lowest BCUT2D eigenvalue weighted by Crippen LogP contribution is -2.12. The van der Waals surface area contributed by atoms with E-state index in [4.69, 9.17) is 11.6 Å². The van der Waals surface area contributed by atoms with E-state index in [2.05, 4.69) is 26.2 Å². The van der Waals surface area contributed by atoms with Crippen LogP contribution >= 0.6 is 27.5 Å². The summed E-state index contributed by atoms with van der Waals surface area (Å²) in [6.45, 7) is 0. The minimum atomic E-state index is -0.0418. The lowest BCUT2D eigenvalue weighted by molar-refractivity contribution is -0.116. The molecule has 0 radical (unpaired) electrons. The Balaban J connectivity index is 1.89. The third-order valence-corrected chi connectivity index (χ3v) is 3.70. The highest BCUT2D eigenvalue weighted by molar-refractivity contribution is 9.10. The van der Waals surface area contributed by atoms with Crippen molar-refractivity contribution in [3.8, 4) is 0 Å². The maximum absolute atomic E-state index is 11.8. The van der Waals surface area contributed by atoms with Crippen LogP contribution in [0, 0.1) is 0 Å². The molecule has 0 saturated heterocycles. The van der Waals surface area contributed by atoms with Crippen LogP contribution in [0.15, 0.2) is 47.1 Å². The van der Waals surface area contributed by atoms with Crippen LogP contribution in [0.3, 0.4) is 0 Å². The number of aromatic nitrogens is 1. The maximum atomic E-state index is 11.8. The molecule has 0 fully saturated rings. The van der Waals surface area contributed by atoms with Crippen LogP contribution in [0.2, 0.25) is 5.15 Å². The largest absolute Gasteiger partial charge is 0.325 e. The number of nitrogens with one attached hydrogen (secondary N) is 1. The first-order valence-corrected chi connectivity index (χ1v) is 6.97. The third-order valence-electron chi connectivity index (χ3n) is 2.56. The summed E-state index contributed by atoms with van der Waals surface area (Å²) in [4.78, 5) is 15.7. The summed E-state index contributed by atoms with van der Waals surface area (Å²) in [5.74, 6) is -0.0418. The zero-order chi connectivity index (χ0) is 13.7. The van der Waals surface area contributed by atoms with Gasteiger partial charge in [-0.15, -0.1) is 0 Å². The van der Waals surface area contributed by atoms with Crippen molar-refractivity contribution in [3.05, 3.63) is 57.8 Å². The molecule has 3 nitrogen and oxygen atoms in total. The number of anilines is 1. The first-order chi connectivity index (χ1) is 9.15. The van der Waals surface area contributed by atoms with E-state index in [1.165, 1.54) is 6.20 Å². The predicted octanol–water partition coefficient (Wildman–Crippen LogP) is 4.07. The van der Waals surface area contributed by atoms with Gasteiger partial charge in [0.15, 0.2) is 0 Å². The summed E-state index contributed by atoms with van der Waals surface area (Å²) in [7, 11) is 0. The van der Waals surface area contributed by atoms with Crippen molar-refractivity contribution in [2.24, 2.45) is 0 Å². The van der Waals surface area contributed by atoms with Crippen molar-refractivity contribution >= 4 is 39.1 Å². The van der Waals surface area contributed by atoms with Crippen molar-refractivity contribution in [2.45, 2.75) is 12.8 Å². The van der Waals surface area contributed by atoms with Crippen LogP contribution in [0.1, 0.15) is 12.0 Å². The molecule has 0 aliphatic heterocycles. The Morgan fingerprint density at radius 1 is 1.32 bits per heavy atom. The summed E-state index contributed by atoms with van der Waals surface area (Å²) in [5.41, 5.74) is 1.78. The van der Waals surface area contributed by atoms with Gasteiger partial charge in [0.05, 0.1) is 16.4 Å². The molecule has 0 aliphatic carbocycles. The number of amides is 1. The summed E-state index contributed by atoms with van der Waals surface area (Å²) in [6, 6.07) is 11.6. The van der Waals surface area contributed by atoms with Gasteiger partial charge in [0.2, 0.25) is 5.91 Å². The molecule has 19 heavy (non-hydrogen) atoms. The molecule has 0 bridgehead atoms. The number of halogens is 2. The number of hydrogen-bond acceptors (Lipinski definition) is 2. The normalized spacial score (nSPS) is 10.2. The molecule has 0 saturated carbocycles. The highest BCUT2D eigenvalue weighted by Crippen LogP contribution is 2.22. The van der Waals surface area contributed by atoms with E-state index < -0.39 is 0 Å². The SMILES string of the molecule is O=C(CCc1ccccc1)Nc1cnc(Cl)c(Br)c1. The van der Waals surface area contributed by atoms with E-state index >= 15 is 0 Å². The summed E-state index contributed by atoms with van der Waals surface area (Å²) >= 11 is 9.05. The fourth-order valence-electron chi connectivity index (χ4n) is 1.62. The van der Waals surface area contributed by atoms with Crippen LogP contribution in [-0.2, 0) is 11.2 Å². The van der Waals surface area contributed by atoms with Crippen LogP contribution in [0.25, 0.3) is 0 Å². The number of carbonyl (C=O) groups is 1. The Labute approximate surface area is 125 Å². The predicted molar refractivity (Wildman–Crippen MR) is 80.3 cm³/mol. The molecule has 2 rings (SSSR count). The summed E-state index contributed by atoms with van der Waals surface area (Å²) in [6.07, 6.45) is 2.69. The molecule has 0 unspecified atom stereocenters. The van der Waals surface area contributed by atoms with Gasteiger partial charge in [0.1, 0.15) is 5.15 Å². The quantitative estimate of drug-likeness (QED) is 0.853. The molecule has 2 aromatic rings. The summed E-state index contributed by atoms with van der Waals surface area (Å²) in [5, 5.41) is 3.17. The minimum Gasteiger partial charge on any atom is -0.325 e. The zero-order valence-corrected chi connectivity index (χ0v) is 12.4. The Morgan fingerprint density at radius 3 is 2.74 bits per heavy atom. The molecule has 0 atom stereocenters. The highest BCUT2D eigenvalue weighted by atomic mass is 79.9. The van der Waals surface area contributed by atoms with Gasteiger partial charge in [-0.25, -0.2) is 4.98 Å². The molecular weight excluding hydrogens is 328 g/mol. The average molecular weight is 340 g/mol. The standard InChI is InChI=1S/C14H12BrClN2O/c15-12-8-11(9-17-14(12)16)18-13(19)7-6-10-4-2-1-3-5-10/h1-5,8-9H,6-7H2,(H,18,19). The van der Waals surface area contributed by atoms with Gasteiger partial charge in [-0.1, -0.05) is 41.9 Å². The Hall–Kier alpha value is -1.39.